The zero-order valence-corrected chi connectivity index (χ0v) is 5.11. The lowest BCUT2D eigenvalue weighted by molar-refractivity contribution is -0.140. The molecule has 0 radical (unpaired) electrons. The van der Waals surface area contributed by atoms with E-state index in [9.17, 15) is 13.2 Å². The molecule has 11 heavy (non-hydrogen) atoms. The predicted molar refractivity (Wildman–Crippen MR) is 29.9 cm³/mol. The van der Waals surface area contributed by atoms with Crippen LogP contribution in [0.1, 0.15) is 5.69 Å². The molecule has 0 fully saturated rings. The maximum absolute atomic E-state index is 11.9. The Hall–Kier alpha value is -1.51. The Bertz CT molecular complexity index is 293. The van der Waals surface area contributed by atoms with Crippen molar-refractivity contribution in [3.63, 3.8) is 0 Å². The molecule has 3 nitrogen and oxygen atoms in total. The molecule has 58 valence electrons. The van der Waals surface area contributed by atoms with Crippen molar-refractivity contribution in [2.75, 3.05) is 0 Å². The number of H-pyrrole nitrogens is 1. The van der Waals surface area contributed by atoms with Crippen molar-refractivity contribution in [1.29, 1.82) is 0 Å². The van der Waals surface area contributed by atoms with Crippen LogP contribution in [-0.2, 0) is 6.18 Å². The molecule has 0 atom stereocenters. The van der Waals surface area contributed by atoms with Gasteiger partial charge in [-0.1, -0.05) is 0 Å². The molecular formula is C5H2F3N3. The summed E-state index contributed by atoms with van der Waals surface area (Å²) in [7, 11) is 0. The second-order valence-electron chi connectivity index (χ2n) is 1.74. The molecule has 0 aliphatic rings. The Morgan fingerprint density at radius 1 is 1.55 bits per heavy atom. The number of rotatable bonds is 0. The van der Waals surface area contributed by atoms with Crippen LogP contribution in [0.3, 0.4) is 0 Å². The number of hydrogen-bond acceptors (Lipinski definition) is 1. The molecule has 6 heteroatoms. The van der Waals surface area contributed by atoms with Gasteiger partial charge in [0, 0.05) is 0 Å². The lowest BCUT2D eigenvalue weighted by Crippen LogP contribution is -2.05. The summed E-state index contributed by atoms with van der Waals surface area (Å²) in [5.41, 5.74) is -1.59. The highest BCUT2D eigenvalue weighted by Crippen LogP contribution is 2.33. The van der Waals surface area contributed by atoms with Crippen LogP contribution in [0.2, 0.25) is 0 Å². The van der Waals surface area contributed by atoms with Crippen LogP contribution in [0.25, 0.3) is 4.85 Å². The number of alkyl halides is 3. The Morgan fingerprint density at radius 2 is 2.18 bits per heavy atom. The summed E-state index contributed by atoms with van der Waals surface area (Å²) in [6, 6.07) is 0. The molecule has 0 saturated carbocycles. The van der Waals surface area contributed by atoms with E-state index in [0.29, 0.717) is 0 Å². The minimum atomic E-state index is -4.52. The number of nitrogens with zero attached hydrogens (tertiary/aromatic N) is 2. The Morgan fingerprint density at radius 3 is 2.55 bits per heavy atom. The largest absolute Gasteiger partial charge is 0.423 e. The van der Waals surface area contributed by atoms with Crippen LogP contribution < -0.4 is 0 Å². The molecule has 0 saturated heterocycles. The molecule has 0 aliphatic carbocycles. The van der Waals surface area contributed by atoms with Gasteiger partial charge in [-0.3, -0.25) is 5.10 Å². The van der Waals surface area contributed by atoms with Crippen molar-refractivity contribution >= 4 is 5.69 Å². The molecule has 1 aromatic rings. The van der Waals surface area contributed by atoms with Crippen LogP contribution in [-0.4, -0.2) is 10.2 Å². The van der Waals surface area contributed by atoms with E-state index in [1.807, 2.05) is 0 Å². The summed E-state index contributed by atoms with van der Waals surface area (Å²) >= 11 is 0. The number of nitrogens with one attached hydrogen (secondary N) is 1. The van der Waals surface area contributed by atoms with E-state index in [1.54, 1.807) is 5.10 Å². The molecule has 1 rings (SSSR count). The van der Waals surface area contributed by atoms with Crippen molar-refractivity contribution in [2.45, 2.75) is 6.18 Å². The molecular weight excluding hydrogens is 159 g/mol. The lowest BCUT2D eigenvalue weighted by atomic mass is 10.4. The normalized spacial score (nSPS) is 11.1. The second-order valence-corrected chi connectivity index (χ2v) is 1.74. The van der Waals surface area contributed by atoms with Gasteiger partial charge in [0.15, 0.2) is 0 Å². The topological polar surface area (TPSA) is 33.0 Å². The summed E-state index contributed by atoms with van der Waals surface area (Å²) in [6.45, 7) is 6.35. The van der Waals surface area contributed by atoms with Crippen LogP contribution in [0.15, 0.2) is 6.20 Å². The third-order valence-corrected chi connectivity index (χ3v) is 1.02. The second kappa shape index (κ2) is 2.27. The van der Waals surface area contributed by atoms with Crippen LogP contribution in [0, 0.1) is 6.57 Å². The Kier molecular flexibility index (Phi) is 1.57. The zero-order chi connectivity index (χ0) is 8.48. The maximum Gasteiger partial charge on any atom is 0.423 e. The quantitative estimate of drug-likeness (QED) is 0.580. The van der Waals surface area contributed by atoms with E-state index in [2.05, 4.69) is 9.94 Å². The molecule has 1 aromatic heterocycles. The molecule has 0 aliphatic heterocycles. The minimum absolute atomic E-state index is 0.502. The van der Waals surface area contributed by atoms with Gasteiger partial charge in [0.1, 0.15) is 5.69 Å². The number of aromatic amines is 1. The minimum Gasteiger partial charge on any atom is -0.285 e. The first-order chi connectivity index (χ1) is 5.05. The average molecular weight is 161 g/mol. The standard InChI is InChI=1S/C5H2F3N3/c1-9-3-2-10-11-4(3)5(6,7)8/h2H,(H,10,11). The number of aromatic nitrogens is 2. The van der Waals surface area contributed by atoms with Gasteiger partial charge in [0.25, 0.3) is 0 Å². The third kappa shape index (κ3) is 1.32. The van der Waals surface area contributed by atoms with Crippen molar-refractivity contribution in [2.24, 2.45) is 0 Å². The smallest absolute Gasteiger partial charge is 0.285 e. The van der Waals surface area contributed by atoms with Crippen LogP contribution >= 0.6 is 0 Å². The van der Waals surface area contributed by atoms with E-state index >= 15 is 0 Å². The molecule has 1 N–H and O–H groups in total. The van der Waals surface area contributed by atoms with E-state index < -0.39 is 17.6 Å². The van der Waals surface area contributed by atoms with Gasteiger partial charge < -0.3 is 0 Å². The van der Waals surface area contributed by atoms with Crippen LogP contribution in [0.5, 0.6) is 0 Å². The van der Waals surface area contributed by atoms with Crippen LogP contribution in [0.4, 0.5) is 18.9 Å². The highest BCUT2D eigenvalue weighted by atomic mass is 19.4. The first-order valence-corrected chi connectivity index (χ1v) is 2.53. The highest BCUT2D eigenvalue weighted by Gasteiger charge is 2.35. The molecule has 1 heterocycles. The zero-order valence-electron chi connectivity index (χ0n) is 5.11. The van der Waals surface area contributed by atoms with Crippen molar-refractivity contribution < 1.29 is 13.2 Å². The van der Waals surface area contributed by atoms with E-state index in [4.69, 9.17) is 6.57 Å². The highest BCUT2D eigenvalue weighted by molar-refractivity contribution is 5.48. The van der Waals surface area contributed by atoms with Gasteiger partial charge in [-0.05, 0) is 0 Å². The van der Waals surface area contributed by atoms with Gasteiger partial charge in [-0.25, -0.2) is 4.85 Å². The first-order valence-electron chi connectivity index (χ1n) is 2.53. The molecule has 0 amide bonds. The van der Waals surface area contributed by atoms with E-state index in [-0.39, 0.29) is 0 Å². The summed E-state index contributed by atoms with van der Waals surface area (Å²) in [5.74, 6) is 0. The van der Waals surface area contributed by atoms with E-state index in [1.165, 1.54) is 0 Å². The Labute approximate surface area is 59.7 Å². The molecule has 0 aromatic carbocycles. The van der Waals surface area contributed by atoms with Crippen molar-refractivity contribution in [1.82, 2.24) is 10.2 Å². The first kappa shape index (κ1) is 7.60. The molecule has 0 unspecified atom stereocenters. The SMILES string of the molecule is [C-]#[N+]c1cn[nH]c1C(F)(F)F. The van der Waals surface area contributed by atoms with Crippen molar-refractivity contribution in [3.8, 4) is 0 Å². The molecule has 0 bridgehead atoms. The monoisotopic (exact) mass is 161 g/mol. The third-order valence-electron chi connectivity index (χ3n) is 1.02. The fourth-order valence-corrected chi connectivity index (χ4v) is 0.573. The van der Waals surface area contributed by atoms with E-state index in [0.717, 1.165) is 6.20 Å². The molecule has 0 spiro atoms. The lowest BCUT2D eigenvalue weighted by Gasteiger charge is -2.01. The van der Waals surface area contributed by atoms with Gasteiger partial charge in [0.2, 0.25) is 5.69 Å². The summed E-state index contributed by atoms with van der Waals surface area (Å²) in [6.07, 6.45) is -3.67. The average Bonchev–Trinajstić information content (AvgIpc) is 2.31. The summed E-state index contributed by atoms with van der Waals surface area (Å²) in [4.78, 5) is 2.63. The summed E-state index contributed by atoms with van der Waals surface area (Å²) < 4.78 is 35.6. The predicted octanol–water partition coefficient (Wildman–Crippen LogP) is 1.98. The fraction of sp³-hybridized carbons (Fsp3) is 0.200. The number of hydrogen-bond donors (Lipinski definition) is 1. The van der Waals surface area contributed by atoms with Gasteiger partial charge >= 0.3 is 6.18 Å². The fourth-order valence-electron chi connectivity index (χ4n) is 0.573. The number of halogens is 3. The maximum atomic E-state index is 11.9. The van der Waals surface area contributed by atoms with Gasteiger partial charge in [-0.2, -0.15) is 18.3 Å². The van der Waals surface area contributed by atoms with Crippen molar-refractivity contribution in [3.05, 3.63) is 23.3 Å². The van der Waals surface area contributed by atoms with Gasteiger partial charge in [0.05, 0.1) is 12.8 Å². The van der Waals surface area contributed by atoms with Gasteiger partial charge in [-0.15, -0.1) is 0 Å². The Balaban J connectivity index is 3.15. The summed E-state index contributed by atoms with van der Waals surface area (Å²) in [5, 5.41) is 4.81.